The van der Waals surface area contributed by atoms with Gasteiger partial charge in [-0.05, 0) is 74.3 Å². The lowest BCUT2D eigenvalue weighted by molar-refractivity contribution is -0.143. The lowest BCUT2D eigenvalue weighted by atomic mass is 9.80. The average molecular weight is 642 g/mol. The first-order valence-corrected chi connectivity index (χ1v) is 13.8. The lowest BCUT2D eigenvalue weighted by Crippen LogP contribution is -2.34. The van der Waals surface area contributed by atoms with Crippen LogP contribution >= 0.6 is 0 Å². The molecule has 1 aliphatic carbocycles. The fraction of sp³-hybridized carbons (Fsp3) is 0.552. The number of carbonyl (C=O) groups excluding carboxylic acids is 1. The summed E-state index contributed by atoms with van der Waals surface area (Å²) in [4.78, 5) is 30.2. The second kappa shape index (κ2) is 13.6. The van der Waals surface area contributed by atoms with Crippen LogP contribution < -0.4 is 4.90 Å². The smallest absolute Gasteiger partial charge is 0.417 e. The van der Waals surface area contributed by atoms with E-state index < -0.39 is 65.7 Å². The lowest BCUT2D eigenvalue weighted by Gasteiger charge is -2.34. The molecule has 0 unspecified atom stereocenters. The molecule has 15 heteroatoms. The SMILES string of the molecule is CCN(CC1CCC(CC(=O)O)CC1)c1ncc(C(F)(F)F)cc1CN(Cc1cc(C(F)(F)F)cc(C(F)(F)F)c1)C(C)=O. The number of carbonyl (C=O) groups is 2. The maximum absolute atomic E-state index is 13.6. The molecule has 1 fully saturated rings. The molecule has 0 saturated heterocycles. The summed E-state index contributed by atoms with van der Waals surface area (Å²) >= 11 is 0. The van der Waals surface area contributed by atoms with Crippen molar-refractivity contribution in [2.45, 2.75) is 77.6 Å². The summed E-state index contributed by atoms with van der Waals surface area (Å²) in [7, 11) is 0. The fourth-order valence-electron chi connectivity index (χ4n) is 5.42. The molecule has 0 spiro atoms. The predicted octanol–water partition coefficient (Wildman–Crippen LogP) is 7.79. The molecule has 6 nitrogen and oxygen atoms in total. The van der Waals surface area contributed by atoms with Gasteiger partial charge in [-0.1, -0.05) is 0 Å². The number of anilines is 1. The molecule has 0 bridgehead atoms. The van der Waals surface area contributed by atoms with Crippen LogP contribution in [-0.4, -0.2) is 40.0 Å². The van der Waals surface area contributed by atoms with Gasteiger partial charge < -0.3 is 14.9 Å². The molecular weight excluding hydrogens is 609 g/mol. The van der Waals surface area contributed by atoms with Gasteiger partial charge in [-0.2, -0.15) is 39.5 Å². The van der Waals surface area contributed by atoms with E-state index in [0.29, 0.717) is 57.1 Å². The van der Waals surface area contributed by atoms with Gasteiger partial charge in [0.25, 0.3) is 0 Å². The molecule has 1 saturated carbocycles. The second-order valence-electron chi connectivity index (χ2n) is 11.0. The van der Waals surface area contributed by atoms with Crippen molar-refractivity contribution in [1.82, 2.24) is 9.88 Å². The zero-order valence-corrected chi connectivity index (χ0v) is 23.9. The maximum Gasteiger partial charge on any atom is 0.417 e. The summed E-state index contributed by atoms with van der Waals surface area (Å²) in [6.07, 6.45) is -11.7. The highest BCUT2D eigenvalue weighted by Crippen LogP contribution is 2.38. The largest absolute Gasteiger partial charge is 0.481 e. The van der Waals surface area contributed by atoms with E-state index >= 15 is 0 Å². The van der Waals surface area contributed by atoms with Gasteiger partial charge in [-0.3, -0.25) is 9.59 Å². The number of rotatable bonds is 10. The number of benzene rings is 1. The molecule has 1 aromatic carbocycles. The van der Waals surface area contributed by atoms with E-state index in [4.69, 9.17) is 5.11 Å². The van der Waals surface area contributed by atoms with E-state index in [2.05, 4.69) is 4.98 Å². The van der Waals surface area contributed by atoms with Crippen LogP contribution in [0.5, 0.6) is 0 Å². The van der Waals surface area contributed by atoms with Crippen LogP contribution in [-0.2, 0) is 41.2 Å². The monoisotopic (exact) mass is 641 g/mol. The number of alkyl halides is 9. The molecule has 1 aromatic heterocycles. The molecule has 44 heavy (non-hydrogen) atoms. The number of carboxylic acid groups (broad SMARTS) is 1. The minimum atomic E-state index is -5.12. The molecule has 1 aliphatic rings. The molecule has 2 aromatic rings. The minimum absolute atomic E-state index is 0.0245. The Bertz CT molecular complexity index is 1290. The number of pyridine rings is 1. The number of aromatic nitrogens is 1. The van der Waals surface area contributed by atoms with Gasteiger partial charge in [0.15, 0.2) is 0 Å². The number of amides is 1. The highest BCUT2D eigenvalue weighted by atomic mass is 19.4. The molecule has 0 atom stereocenters. The molecule has 1 N–H and O–H groups in total. The first kappa shape index (κ1) is 35.0. The Morgan fingerprint density at radius 1 is 0.818 bits per heavy atom. The van der Waals surface area contributed by atoms with E-state index in [1.165, 1.54) is 0 Å². The van der Waals surface area contributed by atoms with Crippen LogP contribution in [0.3, 0.4) is 0 Å². The minimum Gasteiger partial charge on any atom is -0.481 e. The van der Waals surface area contributed by atoms with Crippen LogP contribution in [0, 0.1) is 11.8 Å². The van der Waals surface area contributed by atoms with Gasteiger partial charge in [0.05, 0.1) is 16.7 Å². The van der Waals surface area contributed by atoms with Crippen molar-refractivity contribution in [1.29, 1.82) is 0 Å². The normalized spacial score (nSPS) is 17.8. The van der Waals surface area contributed by atoms with Crippen molar-refractivity contribution >= 4 is 17.7 Å². The van der Waals surface area contributed by atoms with E-state index in [1.54, 1.807) is 11.8 Å². The van der Waals surface area contributed by atoms with E-state index in [0.717, 1.165) is 17.9 Å². The van der Waals surface area contributed by atoms with Crippen LogP contribution in [0.4, 0.5) is 45.3 Å². The van der Waals surface area contributed by atoms with Gasteiger partial charge in [0.2, 0.25) is 5.91 Å². The molecule has 244 valence electrons. The standard InChI is InChI=1S/C29H32F9N3O3/c1-3-40(14-19-6-4-18(5-7-19)10-25(43)44)26-21(11-24(13-39-26)29(36,37)38)16-41(17(2)42)15-20-8-22(27(30,31)32)12-23(9-20)28(33,34)35/h8-9,11-13,18-19H,3-7,10,14-16H2,1-2H3,(H,43,44). The summed E-state index contributed by atoms with van der Waals surface area (Å²) in [5, 5.41) is 9.05. The Kier molecular flexibility index (Phi) is 10.8. The van der Waals surface area contributed by atoms with Gasteiger partial charge in [0.1, 0.15) is 5.82 Å². The zero-order valence-electron chi connectivity index (χ0n) is 23.9. The third-order valence-corrected chi connectivity index (χ3v) is 7.69. The number of hydrogen-bond acceptors (Lipinski definition) is 4. The molecular formula is C29H32F9N3O3. The zero-order chi connectivity index (χ0) is 33.0. The van der Waals surface area contributed by atoms with E-state index in [-0.39, 0.29) is 35.7 Å². The fourth-order valence-corrected chi connectivity index (χ4v) is 5.42. The molecule has 0 aliphatic heterocycles. The molecule has 0 radical (unpaired) electrons. The van der Waals surface area contributed by atoms with Crippen LogP contribution in [0.1, 0.15) is 73.8 Å². The molecule has 3 rings (SSSR count). The van der Waals surface area contributed by atoms with Crippen LogP contribution in [0.15, 0.2) is 30.5 Å². The Morgan fingerprint density at radius 3 is 1.80 bits per heavy atom. The Hall–Kier alpha value is -3.52. The Morgan fingerprint density at radius 2 is 1.34 bits per heavy atom. The van der Waals surface area contributed by atoms with Crippen LogP contribution in [0.2, 0.25) is 0 Å². The number of hydrogen-bond donors (Lipinski definition) is 1. The molecule has 1 heterocycles. The number of nitrogens with zero attached hydrogens (tertiary/aromatic N) is 3. The van der Waals surface area contributed by atoms with Crippen molar-refractivity contribution < 1.29 is 54.2 Å². The van der Waals surface area contributed by atoms with Gasteiger partial charge >= 0.3 is 24.5 Å². The van der Waals surface area contributed by atoms with Crippen molar-refractivity contribution in [3.63, 3.8) is 0 Å². The summed E-state index contributed by atoms with van der Waals surface area (Å²) in [6, 6.07) is 1.66. The number of aliphatic carboxylic acids is 1. The van der Waals surface area contributed by atoms with Crippen LogP contribution in [0.25, 0.3) is 0 Å². The topological polar surface area (TPSA) is 73.7 Å². The van der Waals surface area contributed by atoms with Crippen molar-refractivity contribution in [2.75, 3.05) is 18.0 Å². The summed E-state index contributed by atoms with van der Waals surface area (Å²) in [5.74, 6) is -1.49. The number of halogens is 9. The summed E-state index contributed by atoms with van der Waals surface area (Å²) in [6.45, 7) is 2.10. The molecule has 1 amide bonds. The van der Waals surface area contributed by atoms with Crippen molar-refractivity contribution in [3.05, 3.63) is 58.3 Å². The third kappa shape index (κ3) is 9.49. The summed E-state index contributed by atoms with van der Waals surface area (Å²) in [5.41, 5.74) is -4.89. The van der Waals surface area contributed by atoms with E-state index in [9.17, 15) is 49.1 Å². The van der Waals surface area contributed by atoms with E-state index in [1.807, 2.05) is 0 Å². The second-order valence-corrected chi connectivity index (χ2v) is 11.0. The van der Waals surface area contributed by atoms with Crippen molar-refractivity contribution in [2.24, 2.45) is 11.8 Å². The predicted molar refractivity (Wildman–Crippen MR) is 141 cm³/mol. The quantitative estimate of drug-likeness (QED) is 0.268. The highest BCUT2D eigenvalue weighted by molar-refractivity contribution is 5.73. The first-order chi connectivity index (χ1) is 20.3. The van der Waals surface area contributed by atoms with Gasteiger partial charge in [-0.15, -0.1) is 0 Å². The maximum atomic E-state index is 13.6. The van der Waals surface area contributed by atoms with Crippen molar-refractivity contribution in [3.8, 4) is 0 Å². The highest BCUT2D eigenvalue weighted by Gasteiger charge is 2.37. The summed E-state index contributed by atoms with van der Waals surface area (Å²) < 4.78 is 121. The average Bonchev–Trinajstić information content (AvgIpc) is 2.90. The Balaban J connectivity index is 1.95. The first-order valence-electron chi connectivity index (χ1n) is 13.8. The van der Waals surface area contributed by atoms with Gasteiger partial charge in [0, 0.05) is 51.3 Å². The Labute approximate surface area is 247 Å². The number of carboxylic acids is 1. The van der Waals surface area contributed by atoms with Gasteiger partial charge in [-0.25, -0.2) is 4.98 Å². The third-order valence-electron chi connectivity index (χ3n) is 7.69.